The van der Waals surface area contributed by atoms with Gasteiger partial charge in [0.25, 0.3) is 9.05 Å². The van der Waals surface area contributed by atoms with Crippen molar-refractivity contribution in [1.29, 1.82) is 5.26 Å². The first-order valence-corrected chi connectivity index (χ1v) is 6.16. The summed E-state index contributed by atoms with van der Waals surface area (Å²) in [7, 11) is 0.147. The third-order valence-corrected chi connectivity index (χ3v) is 2.71. The predicted octanol–water partition coefficient (Wildman–Crippen LogP) is 1.92. The molecule has 0 spiro atoms. The standard InChI is InChI=1S/C7HClF4N2O3S/c8-18(15,16)6-5(9)3(1-13)4(2-14-6)17-7(10,11)12/h2H. The third-order valence-electron chi connectivity index (χ3n) is 1.52. The molecule has 0 atom stereocenters. The van der Waals surface area contributed by atoms with Gasteiger partial charge in [0.1, 0.15) is 11.6 Å². The number of nitriles is 1. The maximum Gasteiger partial charge on any atom is 0.573 e. The molecule has 0 saturated heterocycles. The van der Waals surface area contributed by atoms with Crippen LogP contribution in [0.4, 0.5) is 17.6 Å². The lowest BCUT2D eigenvalue weighted by Gasteiger charge is -2.10. The van der Waals surface area contributed by atoms with E-state index in [1.807, 2.05) is 0 Å². The first-order valence-electron chi connectivity index (χ1n) is 3.85. The molecule has 1 aromatic rings. The first kappa shape index (κ1) is 14.5. The molecule has 98 valence electrons. The highest BCUT2D eigenvalue weighted by atomic mass is 35.7. The van der Waals surface area contributed by atoms with E-state index in [2.05, 4.69) is 9.72 Å². The summed E-state index contributed by atoms with van der Waals surface area (Å²) in [4.78, 5) is 2.87. The van der Waals surface area contributed by atoms with Crippen LogP contribution in [-0.2, 0) is 9.05 Å². The summed E-state index contributed by atoms with van der Waals surface area (Å²) in [6.45, 7) is 0. The van der Waals surface area contributed by atoms with Gasteiger partial charge < -0.3 is 4.74 Å². The van der Waals surface area contributed by atoms with Gasteiger partial charge in [-0.2, -0.15) is 5.26 Å². The smallest absolute Gasteiger partial charge is 0.403 e. The van der Waals surface area contributed by atoms with Gasteiger partial charge in [0.2, 0.25) is 5.03 Å². The largest absolute Gasteiger partial charge is 0.573 e. The molecule has 11 heteroatoms. The number of halogens is 5. The van der Waals surface area contributed by atoms with Crippen molar-refractivity contribution in [3.63, 3.8) is 0 Å². The van der Waals surface area contributed by atoms with Crippen LogP contribution in [0.3, 0.4) is 0 Å². The van der Waals surface area contributed by atoms with Crippen LogP contribution in [-0.4, -0.2) is 19.8 Å². The molecule has 0 aliphatic rings. The molecule has 1 rings (SSSR count). The Kier molecular flexibility index (Phi) is 3.68. The maximum atomic E-state index is 13.4. The van der Waals surface area contributed by atoms with Crippen molar-refractivity contribution >= 4 is 19.7 Å². The average molecular weight is 305 g/mol. The second-order valence-corrected chi connectivity index (χ2v) is 5.20. The zero-order valence-corrected chi connectivity index (χ0v) is 9.57. The van der Waals surface area contributed by atoms with Crippen molar-refractivity contribution in [2.75, 3.05) is 0 Å². The quantitative estimate of drug-likeness (QED) is 0.616. The lowest BCUT2D eigenvalue weighted by molar-refractivity contribution is -0.274. The predicted molar refractivity (Wildman–Crippen MR) is 48.6 cm³/mol. The molecule has 0 aliphatic heterocycles. The zero-order valence-electron chi connectivity index (χ0n) is 7.99. The van der Waals surface area contributed by atoms with E-state index in [0.29, 0.717) is 0 Å². The minimum Gasteiger partial charge on any atom is -0.403 e. The van der Waals surface area contributed by atoms with E-state index < -0.39 is 37.6 Å². The number of hydrogen-bond acceptors (Lipinski definition) is 5. The van der Waals surface area contributed by atoms with Crippen LogP contribution in [0.15, 0.2) is 11.2 Å². The molecule has 0 bridgehead atoms. The van der Waals surface area contributed by atoms with Crippen LogP contribution < -0.4 is 4.74 Å². The molecule has 0 amide bonds. The fourth-order valence-corrected chi connectivity index (χ4v) is 1.75. The van der Waals surface area contributed by atoms with Crippen LogP contribution in [0.25, 0.3) is 0 Å². The van der Waals surface area contributed by atoms with E-state index >= 15 is 0 Å². The molecule has 1 aromatic heterocycles. The van der Waals surface area contributed by atoms with Crippen molar-refractivity contribution in [2.45, 2.75) is 11.4 Å². The summed E-state index contributed by atoms with van der Waals surface area (Å²) < 4.78 is 74.0. The molecule has 0 saturated carbocycles. The molecule has 1 heterocycles. The van der Waals surface area contributed by atoms with E-state index in [1.54, 1.807) is 0 Å². The SMILES string of the molecule is N#Cc1c(OC(F)(F)F)cnc(S(=O)(=O)Cl)c1F. The van der Waals surface area contributed by atoms with Gasteiger partial charge in [-0.3, -0.25) is 0 Å². The monoisotopic (exact) mass is 304 g/mol. The lowest BCUT2D eigenvalue weighted by atomic mass is 10.2. The molecule has 0 N–H and O–H groups in total. The Hall–Kier alpha value is -1.60. The fraction of sp³-hybridized carbons (Fsp3) is 0.143. The Morgan fingerprint density at radius 1 is 1.44 bits per heavy atom. The Morgan fingerprint density at radius 2 is 2.00 bits per heavy atom. The summed E-state index contributed by atoms with van der Waals surface area (Å²) >= 11 is 0. The minimum atomic E-state index is -5.18. The maximum absolute atomic E-state index is 13.4. The second-order valence-electron chi connectivity index (χ2n) is 2.71. The number of hydrogen-bond donors (Lipinski definition) is 0. The van der Waals surface area contributed by atoms with Gasteiger partial charge in [-0.25, -0.2) is 17.8 Å². The molecule has 0 radical (unpaired) electrons. The van der Waals surface area contributed by atoms with E-state index in [4.69, 9.17) is 15.9 Å². The van der Waals surface area contributed by atoms with Crippen molar-refractivity contribution in [3.8, 4) is 11.8 Å². The van der Waals surface area contributed by atoms with Gasteiger partial charge in [0, 0.05) is 10.7 Å². The van der Waals surface area contributed by atoms with E-state index in [0.717, 1.165) is 6.07 Å². The van der Waals surface area contributed by atoms with Crippen molar-refractivity contribution in [2.24, 2.45) is 0 Å². The van der Waals surface area contributed by atoms with Crippen molar-refractivity contribution < 1.29 is 30.7 Å². The second kappa shape index (κ2) is 4.58. The van der Waals surface area contributed by atoms with Gasteiger partial charge in [-0.15, -0.1) is 13.2 Å². The average Bonchev–Trinajstić information content (AvgIpc) is 2.13. The number of nitrogens with zero attached hydrogens (tertiary/aromatic N) is 2. The molecule has 0 aliphatic carbocycles. The van der Waals surface area contributed by atoms with E-state index in [-0.39, 0.29) is 6.20 Å². The Bertz CT molecular complexity index is 623. The first-order chi connectivity index (χ1) is 8.06. The van der Waals surface area contributed by atoms with Gasteiger partial charge in [0.05, 0.1) is 6.20 Å². The van der Waals surface area contributed by atoms with Crippen LogP contribution in [0.5, 0.6) is 5.75 Å². The number of alkyl halides is 3. The Labute approximate surface area is 102 Å². The van der Waals surface area contributed by atoms with Gasteiger partial charge >= 0.3 is 6.36 Å². The number of rotatable bonds is 2. The summed E-state index contributed by atoms with van der Waals surface area (Å²) in [6, 6.07) is 1.04. The normalized spacial score (nSPS) is 12.0. The van der Waals surface area contributed by atoms with Gasteiger partial charge in [-0.05, 0) is 0 Å². The molecule has 0 unspecified atom stereocenters. The van der Waals surface area contributed by atoms with E-state index in [1.165, 1.54) is 0 Å². The van der Waals surface area contributed by atoms with E-state index in [9.17, 15) is 26.0 Å². The van der Waals surface area contributed by atoms with Crippen LogP contribution in [0.2, 0.25) is 0 Å². The highest BCUT2D eigenvalue weighted by molar-refractivity contribution is 8.13. The Balaban J connectivity index is 3.45. The molecular formula is C7HClF4N2O3S. The number of ether oxygens (including phenoxy) is 1. The molecule has 0 aromatic carbocycles. The van der Waals surface area contributed by atoms with Crippen molar-refractivity contribution in [1.82, 2.24) is 4.98 Å². The summed E-state index contributed by atoms with van der Waals surface area (Å²) in [6.07, 6.45) is -4.94. The van der Waals surface area contributed by atoms with Crippen LogP contribution in [0.1, 0.15) is 5.56 Å². The Morgan fingerprint density at radius 3 is 2.39 bits per heavy atom. The lowest BCUT2D eigenvalue weighted by Crippen LogP contribution is -2.19. The molecule has 0 fully saturated rings. The summed E-state index contributed by atoms with van der Waals surface area (Å²) in [5, 5.41) is 7.13. The fourth-order valence-electron chi connectivity index (χ4n) is 0.930. The highest BCUT2D eigenvalue weighted by Gasteiger charge is 2.34. The zero-order chi connectivity index (χ0) is 14.1. The summed E-state index contributed by atoms with van der Waals surface area (Å²) in [5.74, 6) is -3.07. The van der Waals surface area contributed by atoms with Gasteiger partial charge in [-0.1, -0.05) is 0 Å². The minimum absolute atomic E-state index is 0.240. The number of pyridine rings is 1. The highest BCUT2D eigenvalue weighted by Crippen LogP contribution is 2.30. The topological polar surface area (TPSA) is 80.0 Å². The summed E-state index contributed by atoms with van der Waals surface area (Å²) in [5.41, 5.74) is -1.26. The molecule has 5 nitrogen and oxygen atoms in total. The van der Waals surface area contributed by atoms with Crippen LogP contribution >= 0.6 is 10.7 Å². The third kappa shape index (κ3) is 3.21. The van der Waals surface area contributed by atoms with Crippen molar-refractivity contribution in [3.05, 3.63) is 17.6 Å². The number of aromatic nitrogens is 1. The van der Waals surface area contributed by atoms with Gasteiger partial charge in [0.15, 0.2) is 11.6 Å². The van der Waals surface area contributed by atoms with Crippen LogP contribution in [0, 0.1) is 17.1 Å². The molecular weight excluding hydrogens is 304 g/mol. The molecule has 18 heavy (non-hydrogen) atoms.